The lowest BCUT2D eigenvalue weighted by molar-refractivity contribution is -0.119. The fraction of sp³-hybridized carbons (Fsp3) is 0.414. The molecule has 9 nitrogen and oxygen atoms in total. The quantitative estimate of drug-likeness (QED) is 0.253. The summed E-state index contributed by atoms with van der Waals surface area (Å²) < 4.78 is 10.5. The molecule has 1 heterocycles. The van der Waals surface area contributed by atoms with Crippen molar-refractivity contribution >= 4 is 45.2 Å². The first-order valence-corrected chi connectivity index (χ1v) is 14.9. The van der Waals surface area contributed by atoms with Gasteiger partial charge in [0.25, 0.3) is 0 Å². The summed E-state index contributed by atoms with van der Waals surface area (Å²) in [6, 6.07) is 15.0. The Labute approximate surface area is 243 Å². The van der Waals surface area contributed by atoms with Gasteiger partial charge in [0.2, 0.25) is 16.9 Å². The van der Waals surface area contributed by atoms with Crippen LogP contribution in [0.2, 0.25) is 0 Å². The van der Waals surface area contributed by atoms with Gasteiger partial charge in [-0.3, -0.25) is 14.6 Å². The van der Waals surface area contributed by atoms with E-state index in [1.807, 2.05) is 48.5 Å². The highest BCUT2D eigenvalue weighted by atomic mass is 32.2. The maximum absolute atomic E-state index is 12.6. The van der Waals surface area contributed by atoms with E-state index in [-0.39, 0.29) is 29.9 Å². The first-order valence-electron chi connectivity index (χ1n) is 13.2. The molecular formula is C29H35N5O4S2. The van der Waals surface area contributed by atoms with Crippen LogP contribution in [0.1, 0.15) is 48.2 Å². The maximum Gasteiger partial charge on any atom is 0.230 e. The number of thioether (sulfide) groups is 1. The average molecular weight is 582 g/mol. The molecule has 1 aromatic heterocycles. The molecule has 2 aromatic carbocycles. The summed E-state index contributed by atoms with van der Waals surface area (Å²) >= 11 is 3.04. The SMILES string of the molecule is CN=C(NC(=O)Cc1cccc(OC)c1)SC(C)C1CCC(c2nnc(NC(=O)Cc3cccc(OC)c3)s2)C1. The van der Waals surface area contributed by atoms with Gasteiger partial charge in [-0.15, -0.1) is 10.2 Å². The summed E-state index contributed by atoms with van der Waals surface area (Å²) in [6.07, 6.45) is 3.55. The molecule has 0 spiro atoms. The predicted molar refractivity (Wildman–Crippen MR) is 161 cm³/mol. The number of amidine groups is 1. The Morgan fingerprint density at radius 3 is 2.30 bits per heavy atom. The van der Waals surface area contributed by atoms with E-state index in [0.717, 1.165) is 46.9 Å². The fourth-order valence-corrected chi connectivity index (χ4v) is 6.77. The van der Waals surface area contributed by atoms with Crippen LogP contribution in [0.25, 0.3) is 0 Å². The molecule has 0 aliphatic heterocycles. The van der Waals surface area contributed by atoms with Crippen molar-refractivity contribution in [2.45, 2.75) is 50.2 Å². The molecule has 212 valence electrons. The molecule has 3 atom stereocenters. The van der Waals surface area contributed by atoms with E-state index in [0.29, 0.717) is 22.1 Å². The zero-order valence-corrected chi connectivity index (χ0v) is 24.8. The molecule has 4 rings (SSSR count). The Morgan fingerprint density at radius 1 is 1.02 bits per heavy atom. The van der Waals surface area contributed by atoms with Gasteiger partial charge in [-0.05, 0) is 60.6 Å². The second-order valence-corrected chi connectivity index (χ2v) is 12.1. The highest BCUT2D eigenvalue weighted by molar-refractivity contribution is 8.14. The van der Waals surface area contributed by atoms with Gasteiger partial charge in [-0.25, -0.2) is 0 Å². The van der Waals surface area contributed by atoms with E-state index < -0.39 is 0 Å². The number of carbonyl (C=O) groups excluding carboxylic acids is 2. The molecule has 0 radical (unpaired) electrons. The van der Waals surface area contributed by atoms with Crippen LogP contribution in [0.5, 0.6) is 11.5 Å². The van der Waals surface area contributed by atoms with Crippen LogP contribution in [0.4, 0.5) is 5.13 Å². The van der Waals surface area contributed by atoms with Crippen molar-refractivity contribution in [2.24, 2.45) is 10.9 Å². The molecule has 2 amide bonds. The molecule has 40 heavy (non-hydrogen) atoms. The van der Waals surface area contributed by atoms with Crippen LogP contribution in [0, 0.1) is 5.92 Å². The molecule has 2 N–H and O–H groups in total. The lowest BCUT2D eigenvalue weighted by atomic mass is 10.0. The molecule has 3 aromatic rings. The van der Waals surface area contributed by atoms with Gasteiger partial charge >= 0.3 is 0 Å². The normalized spacial score (nSPS) is 17.8. The molecule has 1 saturated carbocycles. The zero-order valence-electron chi connectivity index (χ0n) is 23.2. The predicted octanol–water partition coefficient (Wildman–Crippen LogP) is 5.09. The number of nitrogens with one attached hydrogen (secondary N) is 2. The molecule has 0 saturated heterocycles. The van der Waals surface area contributed by atoms with Crippen LogP contribution < -0.4 is 20.1 Å². The van der Waals surface area contributed by atoms with Crippen LogP contribution in [-0.4, -0.2) is 53.7 Å². The van der Waals surface area contributed by atoms with E-state index in [2.05, 4.69) is 32.7 Å². The first kappa shape index (κ1) is 29.5. The number of hydrogen-bond acceptors (Lipinski definition) is 9. The van der Waals surface area contributed by atoms with Crippen LogP contribution in [-0.2, 0) is 22.4 Å². The average Bonchev–Trinajstić information content (AvgIpc) is 3.63. The van der Waals surface area contributed by atoms with Crippen LogP contribution in [0.3, 0.4) is 0 Å². The number of anilines is 1. The molecule has 3 unspecified atom stereocenters. The number of aliphatic imine (C=N–C) groups is 1. The van der Waals surface area contributed by atoms with Crippen LogP contribution in [0.15, 0.2) is 53.5 Å². The summed E-state index contributed by atoms with van der Waals surface area (Å²) in [5, 5.41) is 16.8. The monoisotopic (exact) mass is 581 g/mol. The van der Waals surface area contributed by atoms with Crippen molar-refractivity contribution < 1.29 is 19.1 Å². The van der Waals surface area contributed by atoms with Crippen molar-refractivity contribution in [1.82, 2.24) is 15.5 Å². The number of methoxy groups -OCH3 is 2. The summed E-state index contributed by atoms with van der Waals surface area (Å²) in [5.41, 5.74) is 1.76. The molecule has 11 heteroatoms. The van der Waals surface area contributed by atoms with Crippen LogP contribution >= 0.6 is 23.1 Å². The van der Waals surface area contributed by atoms with Gasteiger partial charge in [0, 0.05) is 18.2 Å². The van der Waals surface area contributed by atoms with Crippen molar-refractivity contribution in [2.75, 3.05) is 26.6 Å². The molecule has 1 aliphatic rings. The highest BCUT2D eigenvalue weighted by Gasteiger charge is 2.33. The summed E-state index contributed by atoms with van der Waals surface area (Å²) in [6.45, 7) is 2.18. The topological polar surface area (TPSA) is 115 Å². The maximum atomic E-state index is 12.6. The Morgan fingerprint density at radius 2 is 1.68 bits per heavy atom. The Bertz CT molecular complexity index is 1350. The third kappa shape index (κ3) is 8.28. The smallest absolute Gasteiger partial charge is 0.230 e. The largest absolute Gasteiger partial charge is 0.497 e. The van der Waals surface area contributed by atoms with E-state index in [1.54, 1.807) is 33.0 Å². The second-order valence-electron chi connectivity index (χ2n) is 9.72. The molecule has 0 bridgehead atoms. The number of nitrogens with zero attached hydrogens (tertiary/aromatic N) is 3. The van der Waals surface area contributed by atoms with E-state index in [4.69, 9.17) is 9.47 Å². The van der Waals surface area contributed by atoms with Gasteiger partial charge in [-0.1, -0.05) is 54.3 Å². The number of aromatic nitrogens is 2. The minimum Gasteiger partial charge on any atom is -0.497 e. The lowest BCUT2D eigenvalue weighted by Gasteiger charge is -2.19. The number of ether oxygens (including phenoxy) is 2. The minimum absolute atomic E-state index is 0.104. The minimum atomic E-state index is -0.134. The number of amides is 2. The second kappa shape index (κ2) is 14.3. The number of benzene rings is 2. The fourth-order valence-electron chi connectivity index (χ4n) is 4.79. The Kier molecular flexibility index (Phi) is 10.5. The summed E-state index contributed by atoms with van der Waals surface area (Å²) in [7, 11) is 4.91. The van der Waals surface area contributed by atoms with Crippen molar-refractivity contribution in [3.63, 3.8) is 0 Å². The van der Waals surface area contributed by atoms with E-state index >= 15 is 0 Å². The number of rotatable bonds is 10. The van der Waals surface area contributed by atoms with E-state index in [1.165, 1.54) is 11.3 Å². The van der Waals surface area contributed by atoms with Crippen molar-refractivity contribution in [3.8, 4) is 11.5 Å². The summed E-state index contributed by atoms with van der Waals surface area (Å²) in [5.74, 6) is 1.97. The van der Waals surface area contributed by atoms with Gasteiger partial charge in [0.05, 0.1) is 27.1 Å². The van der Waals surface area contributed by atoms with Gasteiger partial charge in [0.15, 0.2) is 5.17 Å². The summed E-state index contributed by atoms with van der Waals surface area (Å²) in [4.78, 5) is 29.5. The number of carbonyl (C=O) groups is 2. The van der Waals surface area contributed by atoms with Crippen molar-refractivity contribution in [3.05, 3.63) is 64.7 Å². The van der Waals surface area contributed by atoms with Crippen molar-refractivity contribution in [1.29, 1.82) is 0 Å². The Balaban J connectivity index is 1.25. The molecule has 1 aliphatic carbocycles. The highest BCUT2D eigenvalue weighted by Crippen LogP contribution is 2.43. The Hall–Kier alpha value is -3.44. The van der Waals surface area contributed by atoms with Gasteiger partial charge in [-0.2, -0.15) is 0 Å². The van der Waals surface area contributed by atoms with E-state index in [9.17, 15) is 9.59 Å². The zero-order chi connectivity index (χ0) is 28.5. The molecule has 1 fully saturated rings. The third-order valence-corrected chi connectivity index (χ3v) is 9.18. The first-order chi connectivity index (χ1) is 19.4. The van der Waals surface area contributed by atoms with Gasteiger partial charge < -0.3 is 20.1 Å². The number of hydrogen-bond donors (Lipinski definition) is 2. The lowest BCUT2D eigenvalue weighted by Crippen LogP contribution is -2.31. The molecular weight excluding hydrogens is 546 g/mol. The third-order valence-electron chi connectivity index (χ3n) is 6.92. The standard InChI is InChI=1S/C29H35N5O4S2/c1-18(39-28(30-2)31-25(35)15-19-7-5-9-23(13-19)37-3)21-11-12-22(17-21)27-33-34-29(40-27)32-26(36)16-20-8-6-10-24(14-20)38-4/h5-10,13-14,18,21-22H,11-12,15-17H2,1-4H3,(H,30,31,35)(H,32,34,36). The van der Waals surface area contributed by atoms with Gasteiger partial charge in [0.1, 0.15) is 16.5 Å².